The Kier molecular flexibility index (Phi) is 20.9. The fourth-order valence-electron chi connectivity index (χ4n) is 4.67. The van der Waals surface area contributed by atoms with Gasteiger partial charge in [-0.2, -0.15) is 0 Å². The number of carbonyl (C=O) groups excluding carboxylic acids is 1. The highest BCUT2D eigenvalue weighted by Gasteiger charge is 2.17. The first kappa shape index (κ1) is 31.3. The summed E-state index contributed by atoms with van der Waals surface area (Å²) in [5.41, 5.74) is 11.5. The van der Waals surface area contributed by atoms with E-state index >= 15 is 0 Å². The first-order valence-corrected chi connectivity index (χ1v) is 14.4. The van der Waals surface area contributed by atoms with Gasteiger partial charge in [-0.1, -0.05) is 77.6 Å². The lowest BCUT2D eigenvalue weighted by molar-refractivity contribution is -0.144. The predicted octanol–water partition coefficient (Wildman–Crippen LogP) is 3.46. The zero-order valence-electron chi connectivity index (χ0n) is 22.5. The molecule has 1 saturated heterocycles. The molecule has 34 heavy (non-hydrogen) atoms. The fraction of sp³-hybridized carbons (Fsp3) is 0.963. The Labute approximate surface area is 210 Å². The Morgan fingerprint density at radius 3 is 1.76 bits per heavy atom. The van der Waals surface area contributed by atoms with Crippen LogP contribution in [0.3, 0.4) is 0 Å². The van der Waals surface area contributed by atoms with Gasteiger partial charge in [0.15, 0.2) is 0 Å². The van der Waals surface area contributed by atoms with E-state index in [0.29, 0.717) is 19.6 Å². The van der Waals surface area contributed by atoms with Crippen molar-refractivity contribution in [3.8, 4) is 0 Å². The molecule has 7 nitrogen and oxygen atoms in total. The van der Waals surface area contributed by atoms with Crippen LogP contribution in [0.5, 0.6) is 0 Å². The molecule has 1 aliphatic rings. The smallest absolute Gasteiger partial charge is 0.307 e. The molecule has 1 aliphatic heterocycles. The summed E-state index contributed by atoms with van der Waals surface area (Å²) in [6.07, 6.45) is 16.3. The van der Waals surface area contributed by atoms with Crippen LogP contribution < -0.4 is 11.5 Å². The minimum Gasteiger partial charge on any atom is -0.466 e. The molecule has 1 rings (SSSR count). The second-order valence-corrected chi connectivity index (χ2v) is 9.96. The molecule has 0 bridgehead atoms. The standard InChI is InChI=1S/C27H57N5O2/c1-2-3-4-5-6-7-8-9-10-11-12-13-26-34-27(33)14-17-30(18-15-28)20-23-32-24-21-31(19-16-29)22-25-32/h2-26,28-29H2,1H3. The van der Waals surface area contributed by atoms with Crippen LogP contribution in [0, 0.1) is 0 Å². The average Bonchev–Trinajstić information content (AvgIpc) is 2.85. The Bertz CT molecular complexity index is 458. The van der Waals surface area contributed by atoms with Gasteiger partial charge in [-0.25, -0.2) is 0 Å². The molecule has 0 saturated carbocycles. The van der Waals surface area contributed by atoms with Crippen LogP contribution in [0.2, 0.25) is 0 Å². The molecule has 0 aromatic rings. The fourth-order valence-corrected chi connectivity index (χ4v) is 4.67. The van der Waals surface area contributed by atoms with Gasteiger partial charge in [-0.15, -0.1) is 0 Å². The second-order valence-electron chi connectivity index (χ2n) is 9.96. The van der Waals surface area contributed by atoms with Gasteiger partial charge >= 0.3 is 5.97 Å². The molecule has 1 heterocycles. The van der Waals surface area contributed by atoms with Gasteiger partial charge in [0.05, 0.1) is 13.0 Å². The van der Waals surface area contributed by atoms with E-state index in [4.69, 9.17) is 16.2 Å². The van der Waals surface area contributed by atoms with Crippen LogP contribution in [0.1, 0.15) is 90.4 Å². The zero-order chi connectivity index (χ0) is 24.7. The van der Waals surface area contributed by atoms with Gasteiger partial charge in [0.1, 0.15) is 0 Å². The topological polar surface area (TPSA) is 88.1 Å². The third kappa shape index (κ3) is 17.7. The number of hydrogen-bond donors (Lipinski definition) is 2. The molecule has 0 aromatic heterocycles. The third-order valence-corrected chi connectivity index (χ3v) is 6.98. The van der Waals surface area contributed by atoms with Crippen molar-refractivity contribution in [3.05, 3.63) is 0 Å². The molecular weight excluding hydrogens is 426 g/mol. The molecule has 4 N–H and O–H groups in total. The van der Waals surface area contributed by atoms with Gasteiger partial charge in [0.2, 0.25) is 0 Å². The molecule has 0 spiro atoms. The second kappa shape index (κ2) is 22.7. The molecule has 0 unspecified atom stereocenters. The van der Waals surface area contributed by atoms with Crippen LogP contribution >= 0.6 is 0 Å². The normalized spacial score (nSPS) is 15.3. The highest BCUT2D eigenvalue weighted by molar-refractivity contribution is 5.69. The molecule has 1 fully saturated rings. The van der Waals surface area contributed by atoms with Crippen molar-refractivity contribution in [2.45, 2.75) is 90.4 Å². The molecule has 202 valence electrons. The van der Waals surface area contributed by atoms with Crippen LogP contribution in [0.4, 0.5) is 0 Å². The number of esters is 1. The molecule has 0 aliphatic carbocycles. The van der Waals surface area contributed by atoms with E-state index in [-0.39, 0.29) is 5.97 Å². The van der Waals surface area contributed by atoms with Gasteiger partial charge < -0.3 is 21.1 Å². The lowest BCUT2D eigenvalue weighted by Crippen LogP contribution is -2.49. The first-order valence-electron chi connectivity index (χ1n) is 14.4. The van der Waals surface area contributed by atoms with Crippen LogP contribution in [-0.2, 0) is 9.53 Å². The Morgan fingerprint density at radius 1 is 0.706 bits per heavy atom. The minimum absolute atomic E-state index is 0.0690. The predicted molar refractivity (Wildman–Crippen MR) is 144 cm³/mol. The minimum atomic E-state index is -0.0690. The third-order valence-electron chi connectivity index (χ3n) is 6.98. The summed E-state index contributed by atoms with van der Waals surface area (Å²) in [4.78, 5) is 19.4. The molecule has 0 aromatic carbocycles. The maximum atomic E-state index is 12.2. The van der Waals surface area contributed by atoms with Gasteiger partial charge in [-0.05, 0) is 6.42 Å². The number of unbranched alkanes of at least 4 members (excludes halogenated alkanes) is 11. The van der Waals surface area contributed by atoms with Crippen molar-refractivity contribution in [3.63, 3.8) is 0 Å². The quantitative estimate of drug-likeness (QED) is 0.170. The summed E-state index contributed by atoms with van der Waals surface area (Å²) in [5, 5.41) is 0. The van der Waals surface area contributed by atoms with Crippen molar-refractivity contribution in [1.29, 1.82) is 0 Å². The van der Waals surface area contributed by atoms with Crippen LogP contribution in [0.15, 0.2) is 0 Å². The summed E-state index contributed by atoms with van der Waals surface area (Å²) in [6.45, 7) is 13.1. The van der Waals surface area contributed by atoms with E-state index in [9.17, 15) is 4.79 Å². The van der Waals surface area contributed by atoms with E-state index in [1.165, 1.54) is 70.6 Å². The number of ether oxygens (including phenoxy) is 1. The van der Waals surface area contributed by atoms with Gasteiger partial charge in [-0.3, -0.25) is 14.6 Å². The SMILES string of the molecule is CCCCCCCCCCCCCCOC(=O)CCN(CCN)CCN1CCN(CCN)CC1. The maximum absolute atomic E-state index is 12.2. The molecular formula is C27H57N5O2. The number of piperazine rings is 1. The van der Waals surface area contributed by atoms with Crippen LogP contribution in [0.25, 0.3) is 0 Å². The van der Waals surface area contributed by atoms with E-state index in [2.05, 4.69) is 21.6 Å². The molecule has 7 heteroatoms. The average molecular weight is 484 g/mol. The number of nitrogens with two attached hydrogens (primary N) is 2. The largest absolute Gasteiger partial charge is 0.466 e. The lowest BCUT2D eigenvalue weighted by Gasteiger charge is -2.35. The molecule has 0 radical (unpaired) electrons. The monoisotopic (exact) mass is 483 g/mol. The van der Waals surface area contributed by atoms with E-state index < -0.39 is 0 Å². The summed E-state index contributed by atoms with van der Waals surface area (Å²) in [6, 6.07) is 0. The summed E-state index contributed by atoms with van der Waals surface area (Å²) < 4.78 is 5.47. The summed E-state index contributed by atoms with van der Waals surface area (Å²) in [7, 11) is 0. The van der Waals surface area contributed by atoms with Crippen molar-refractivity contribution < 1.29 is 9.53 Å². The number of nitrogens with zero attached hydrogens (tertiary/aromatic N) is 3. The molecule has 0 atom stereocenters. The Morgan fingerprint density at radius 2 is 1.24 bits per heavy atom. The summed E-state index contributed by atoms with van der Waals surface area (Å²) in [5.74, 6) is -0.0690. The maximum Gasteiger partial charge on any atom is 0.307 e. The van der Waals surface area contributed by atoms with E-state index in [0.717, 1.165) is 71.9 Å². The van der Waals surface area contributed by atoms with Crippen molar-refractivity contribution in [2.75, 3.05) is 78.6 Å². The van der Waals surface area contributed by atoms with E-state index in [1.807, 2.05) is 0 Å². The first-order chi connectivity index (χ1) is 16.7. The van der Waals surface area contributed by atoms with Crippen molar-refractivity contribution >= 4 is 5.97 Å². The van der Waals surface area contributed by atoms with Crippen molar-refractivity contribution in [1.82, 2.24) is 14.7 Å². The van der Waals surface area contributed by atoms with Gasteiger partial charge in [0, 0.05) is 72.0 Å². The summed E-state index contributed by atoms with van der Waals surface area (Å²) >= 11 is 0. The number of hydrogen-bond acceptors (Lipinski definition) is 7. The van der Waals surface area contributed by atoms with E-state index in [1.54, 1.807) is 0 Å². The lowest BCUT2D eigenvalue weighted by atomic mass is 10.1. The zero-order valence-corrected chi connectivity index (χ0v) is 22.5. The highest BCUT2D eigenvalue weighted by atomic mass is 16.5. The molecule has 0 amide bonds. The Balaban J connectivity index is 1.97. The van der Waals surface area contributed by atoms with Crippen LogP contribution in [-0.4, -0.2) is 99.3 Å². The number of carbonyl (C=O) groups is 1. The van der Waals surface area contributed by atoms with Gasteiger partial charge in [0.25, 0.3) is 0 Å². The van der Waals surface area contributed by atoms with Crippen molar-refractivity contribution in [2.24, 2.45) is 11.5 Å². The Hall–Kier alpha value is -0.730. The highest BCUT2D eigenvalue weighted by Crippen LogP contribution is 2.12. The number of rotatable bonds is 23.